The van der Waals surface area contributed by atoms with E-state index in [9.17, 15) is 4.79 Å². The Balaban J connectivity index is 1.92. The Labute approximate surface area is 119 Å². The van der Waals surface area contributed by atoms with Crippen LogP contribution < -0.4 is 10.9 Å². The molecule has 0 aliphatic heterocycles. The van der Waals surface area contributed by atoms with Gasteiger partial charge in [-0.05, 0) is 19.4 Å². The van der Waals surface area contributed by atoms with Crippen LogP contribution in [-0.4, -0.2) is 14.6 Å². The van der Waals surface area contributed by atoms with Crippen molar-refractivity contribution in [2.45, 2.75) is 19.9 Å². The Hall–Kier alpha value is -2.21. The van der Waals surface area contributed by atoms with Gasteiger partial charge in [-0.1, -0.05) is 41.7 Å². The van der Waals surface area contributed by atoms with Crippen LogP contribution in [-0.2, 0) is 0 Å². The van der Waals surface area contributed by atoms with Gasteiger partial charge in [0.05, 0.1) is 6.04 Å². The Morgan fingerprint density at radius 1 is 1.30 bits per heavy atom. The highest BCUT2D eigenvalue weighted by atomic mass is 32.1. The Morgan fingerprint density at radius 2 is 2.05 bits per heavy atom. The molecule has 1 N–H and O–H groups in total. The molecule has 20 heavy (non-hydrogen) atoms. The third-order valence-electron chi connectivity index (χ3n) is 3.01. The second kappa shape index (κ2) is 5.05. The van der Waals surface area contributed by atoms with Crippen LogP contribution in [0.25, 0.3) is 4.96 Å². The van der Waals surface area contributed by atoms with E-state index < -0.39 is 0 Å². The number of nitrogens with one attached hydrogen (secondary N) is 1. The largest absolute Gasteiger partial charge is 0.354 e. The number of benzene rings is 1. The summed E-state index contributed by atoms with van der Waals surface area (Å²) >= 11 is 1.38. The number of hydrogen-bond acceptors (Lipinski definition) is 5. The minimum atomic E-state index is -0.149. The molecule has 1 aromatic carbocycles. The van der Waals surface area contributed by atoms with Crippen molar-refractivity contribution in [2.24, 2.45) is 0 Å². The van der Waals surface area contributed by atoms with E-state index in [1.54, 1.807) is 6.92 Å². The molecule has 0 spiro atoms. The molecule has 3 aromatic rings. The maximum atomic E-state index is 11.8. The lowest BCUT2D eigenvalue weighted by Gasteiger charge is -2.12. The molecule has 0 radical (unpaired) electrons. The van der Waals surface area contributed by atoms with Gasteiger partial charge in [-0.3, -0.25) is 4.79 Å². The van der Waals surface area contributed by atoms with Crippen molar-refractivity contribution in [2.75, 3.05) is 5.32 Å². The van der Waals surface area contributed by atoms with Crippen LogP contribution >= 0.6 is 11.3 Å². The van der Waals surface area contributed by atoms with Gasteiger partial charge in [-0.15, -0.1) is 5.10 Å². The van der Waals surface area contributed by atoms with Crippen molar-refractivity contribution < 1.29 is 0 Å². The lowest BCUT2D eigenvalue weighted by atomic mass is 10.1. The molecule has 2 heterocycles. The molecule has 6 heteroatoms. The maximum absolute atomic E-state index is 11.8. The Kier molecular flexibility index (Phi) is 3.23. The Bertz CT molecular complexity index is 794. The van der Waals surface area contributed by atoms with E-state index in [2.05, 4.69) is 34.5 Å². The van der Waals surface area contributed by atoms with Crippen LogP contribution in [0.4, 0.5) is 5.13 Å². The van der Waals surface area contributed by atoms with E-state index in [1.807, 2.05) is 18.2 Å². The predicted molar refractivity (Wildman–Crippen MR) is 80.4 cm³/mol. The molecular formula is C14H14N4OS. The van der Waals surface area contributed by atoms with Crippen LogP contribution in [0.2, 0.25) is 0 Å². The zero-order valence-corrected chi connectivity index (χ0v) is 12.0. The van der Waals surface area contributed by atoms with Crippen LogP contribution in [0.3, 0.4) is 0 Å². The monoisotopic (exact) mass is 286 g/mol. The van der Waals surface area contributed by atoms with Crippen molar-refractivity contribution in [3.8, 4) is 0 Å². The van der Waals surface area contributed by atoms with Crippen molar-refractivity contribution in [1.29, 1.82) is 0 Å². The first-order valence-corrected chi connectivity index (χ1v) is 7.14. The third kappa shape index (κ3) is 2.42. The molecule has 0 saturated carbocycles. The minimum absolute atomic E-state index is 0.119. The van der Waals surface area contributed by atoms with Gasteiger partial charge in [-0.25, -0.2) is 4.98 Å². The van der Waals surface area contributed by atoms with Gasteiger partial charge in [-0.2, -0.15) is 4.52 Å². The van der Waals surface area contributed by atoms with Crippen molar-refractivity contribution >= 4 is 21.4 Å². The van der Waals surface area contributed by atoms with E-state index >= 15 is 0 Å². The van der Waals surface area contributed by atoms with Crippen molar-refractivity contribution in [3.63, 3.8) is 0 Å². The van der Waals surface area contributed by atoms with Crippen molar-refractivity contribution in [3.05, 3.63) is 58.0 Å². The topological polar surface area (TPSA) is 59.3 Å². The molecule has 0 aliphatic rings. The van der Waals surface area contributed by atoms with Crippen LogP contribution in [0.15, 0.2) is 41.2 Å². The number of aromatic nitrogens is 3. The molecule has 1 unspecified atom stereocenters. The number of rotatable bonds is 3. The smallest absolute Gasteiger partial charge is 0.275 e. The number of anilines is 1. The first-order valence-electron chi connectivity index (χ1n) is 6.32. The molecule has 5 nitrogen and oxygen atoms in total. The molecule has 0 saturated heterocycles. The quantitative estimate of drug-likeness (QED) is 0.804. The lowest BCUT2D eigenvalue weighted by molar-refractivity contribution is 0.845. The van der Waals surface area contributed by atoms with Gasteiger partial charge in [0.2, 0.25) is 10.1 Å². The summed E-state index contributed by atoms with van der Waals surface area (Å²) in [7, 11) is 0. The van der Waals surface area contributed by atoms with Gasteiger partial charge in [0.1, 0.15) is 0 Å². The van der Waals surface area contributed by atoms with Crippen LogP contribution in [0, 0.1) is 6.92 Å². The fourth-order valence-electron chi connectivity index (χ4n) is 1.99. The maximum Gasteiger partial charge on any atom is 0.275 e. The molecular weight excluding hydrogens is 272 g/mol. The summed E-state index contributed by atoms with van der Waals surface area (Å²) in [6.45, 7) is 3.86. The molecule has 2 aromatic heterocycles. The van der Waals surface area contributed by atoms with E-state index in [0.717, 1.165) is 0 Å². The standard InChI is InChI=1S/C14H14N4OS/c1-9-8-12(19)18-14(15-9)20-13(17-18)16-10(2)11-6-4-3-5-7-11/h3-8,10H,1-2H3,(H,16,17). The minimum Gasteiger partial charge on any atom is -0.354 e. The average molecular weight is 286 g/mol. The van der Waals surface area contributed by atoms with Gasteiger partial charge >= 0.3 is 0 Å². The lowest BCUT2D eigenvalue weighted by Crippen LogP contribution is -2.14. The summed E-state index contributed by atoms with van der Waals surface area (Å²) in [5.41, 5.74) is 1.73. The van der Waals surface area contributed by atoms with E-state index in [0.29, 0.717) is 15.8 Å². The molecule has 0 amide bonds. The van der Waals surface area contributed by atoms with E-state index in [-0.39, 0.29) is 11.6 Å². The number of nitrogens with zero attached hydrogens (tertiary/aromatic N) is 3. The molecule has 0 fully saturated rings. The molecule has 0 aliphatic carbocycles. The number of fused-ring (bicyclic) bond motifs is 1. The summed E-state index contributed by atoms with van der Waals surface area (Å²) < 4.78 is 1.33. The summed E-state index contributed by atoms with van der Waals surface area (Å²) in [6, 6.07) is 11.7. The highest BCUT2D eigenvalue weighted by molar-refractivity contribution is 7.20. The summed E-state index contributed by atoms with van der Waals surface area (Å²) in [5, 5.41) is 8.26. The average Bonchev–Trinajstić information content (AvgIpc) is 2.82. The normalized spacial score (nSPS) is 12.5. The molecule has 102 valence electrons. The first-order chi connectivity index (χ1) is 9.63. The fraction of sp³-hybridized carbons (Fsp3) is 0.214. The second-order valence-electron chi connectivity index (χ2n) is 4.61. The van der Waals surface area contributed by atoms with Crippen molar-refractivity contribution in [1.82, 2.24) is 14.6 Å². The summed E-state index contributed by atoms with van der Waals surface area (Å²) in [6.07, 6.45) is 0. The SMILES string of the molecule is Cc1cc(=O)n2nc(NC(C)c3ccccc3)sc2n1. The number of aryl methyl sites for hydroxylation is 1. The van der Waals surface area contributed by atoms with E-state index in [1.165, 1.54) is 27.5 Å². The fourth-order valence-corrected chi connectivity index (χ4v) is 2.93. The predicted octanol–water partition coefficient (Wildman–Crippen LogP) is 2.63. The molecule has 0 bridgehead atoms. The van der Waals surface area contributed by atoms with Gasteiger partial charge in [0.25, 0.3) is 5.56 Å². The van der Waals surface area contributed by atoms with E-state index in [4.69, 9.17) is 0 Å². The van der Waals surface area contributed by atoms with Crippen LogP contribution in [0.1, 0.15) is 24.2 Å². The summed E-state index contributed by atoms with van der Waals surface area (Å²) in [4.78, 5) is 16.7. The number of hydrogen-bond donors (Lipinski definition) is 1. The Morgan fingerprint density at radius 3 is 2.80 bits per heavy atom. The highest BCUT2D eigenvalue weighted by Crippen LogP contribution is 2.22. The second-order valence-corrected chi connectivity index (χ2v) is 5.57. The van der Waals surface area contributed by atoms with Gasteiger partial charge in [0, 0.05) is 11.8 Å². The van der Waals surface area contributed by atoms with Crippen LogP contribution in [0.5, 0.6) is 0 Å². The summed E-state index contributed by atoms with van der Waals surface area (Å²) in [5.74, 6) is 0. The molecule has 3 rings (SSSR count). The zero-order valence-electron chi connectivity index (χ0n) is 11.2. The van der Waals surface area contributed by atoms with Gasteiger partial charge < -0.3 is 5.32 Å². The first kappa shape index (κ1) is 12.8. The molecule has 1 atom stereocenters. The zero-order chi connectivity index (χ0) is 14.1. The highest BCUT2D eigenvalue weighted by Gasteiger charge is 2.10. The van der Waals surface area contributed by atoms with Gasteiger partial charge in [0.15, 0.2) is 0 Å². The third-order valence-corrected chi connectivity index (χ3v) is 3.85.